The molecular formula is C28H40FNO. The SMILES string of the molecule is CC.CC.CCC.CCF.O=C(c1ccccc1)N(c1ccccc1)c1ccccc1. The van der Waals surface area contributed by atoms with Gasteiger partial charge in [0.2, 0.25) is 0 Å². The van der Waals surface area contributed by atoms with Crippen LogP contribution in [0, 0.1) is 0 Å². The van der Waals surface area contributed by atoms with Crippen molar-refractivity contribution in [1.82, 2.24) is 0 Å². The predicted molar refractivity (Wildman–Crippen MR) is 136 cm³/mol. The first-order valence-corrected chi connectivity index (χ1v) is 11.2. The van der Waals surface area contributed by atoms with Crippen LogP contribution in [0.25, 0.3) is 0 Å². The molecule has 0 heterocycles. The number of para-hydroxylation sites is 2. The van der Waals surface area contributed by atoms with Crippen molar-refractivity contribution in [2.75, 3.05) is 11.6 Å². The summed E-state index contributed by atoms with van der Waals surface area (Å²) < 4.78 is 10.3. The molecule has 0 fully saturated rings. The van der Waals surface area contributed by atoms with Crippen LogP contribution in [0.2, 0.25) is 0 Å². The first-order chi connectivity index (χ1) is 15.2. The van der Waals surface area contributed by atoms with Crippen LogP contribution in [-0.4, -0.2) is 12.6 Å². The quantitative estimate of drug-likeness (QED) is 0.410. The Morgan fingerprint density at radius 3 is 1.19 bits per heavy atom. The van der Waals surface area contributed by atoms with E-state index < -0.39 is 0 Å². The van der Waals surface area contributed by atoms with E-state index in [-0.39, 0.29) is 12.6 Å². The third kappa shape index (κ3) is 12.4. The van der Waals surface area contributed by atoms with Crippen LogP contribution in [-0.2, 0) is 0 Å². The van der Waals surface area contributed by atoms with Gasteiger partial charge >= 0.3 is 0 Å². The maximum atomic E-state index is 12.9. The van der Waals surface area contributed by atoms with Crippen molar-refractivity contribution in [2.45, 2.75) is 54.9 Å². The summed E-state index contributed by atoms with van der Waals surface area (Å²) in [4.78, 5) is 14.6. The van der Waals surface area contributed by atoms with Crippen LogP contribution in [0.15, 0.2) is 91.0 Å². The van der Waals surface area contributed by atoms with E-state index >= 15 is 0 Å². The third-order valence-corrected chi connectivity index (χ3v) is 3.25. The highest BCUT2D eigenvalue weighted by atomic mass is 19.1. The van der Waals surface area contributed by atoms with Crippen LogP contribution in [0.1, 0.15) is 65.2 Å². The molecular weight excluding hydrogens is 385 g/mol. The Morgan fingerprint density at radius 1 is 0.645 bits per heavy atom. The zero-order valence-electron chi connectivity index (χ0n) is 20.3. The average Bonchev–Trinajstić information content (AvgIpc) is 2.85. The lowest BCUT2D eigenvalue weighted by atomic mass is 10.1. The van der Waals surface area contributed by atoms with Gasteiger partial charge in [-0.25, -0.2) is 0 Å². The Bertz CT molecular complexity index is 704. The summed E-state index contributed by atoms with van der Waals surface area (Å²) in [6, 6.07) is 28.7. The van der Waals surface area contributed by atoms with Crippen LogP contribution < -0.4 is 4.90 Å². The second-order valence-corrected chi connectivity index (χ2v) is 5.65. The van der Waals surface area contributed by atoms with E-state index in [2.05, 4.69) is 13.8 Å². The van der Waals surface area contributed by atoms with Gasteiger partial charge in [0, 0.05) is 16.9 Å². The van der Waals surface area contributed by atoms with Crippen molar-refractivity contribution in [3.05, 3.63) is 96.6 Å². The first kappa shape index (κ1) is 30.3. The van der Waals surface area contributed by atoms with Gasteiger partial charge in [-0.15, -0.1) is 0 Å². The normalized spacial score (nSPS) is 8.39. The Hall–Kier alpha value is -2.94. The second kappa shape index (κ2) is 21.8. The zero-order valence-corrected chi connectivity index (χ0v) is 20.3. The number of carbonyl (C=O) groups is 1. The van der Waals surface area contributed by atoms with Gasteiger partial charge in [-0.05, 0) is 43.3 Å². The molecule has 0 saturated heterocycles. The third-order valence-electron chi connectivity index (χ3n) is 3.25. The van der Waals surface area contributed by atoms with Crippen LogP contribution in [0.3, 0.4) is 0 Å². The summed E-state index contributed by atoms with van der Waals surface area (Å²) in [6.45, 7) is 13.5. The average molecular weight is 426 g/mol. The van der Waals surface area contributed by atoms with E-state index in [9.17, 15) is 9.18 Å². The van der Waals surface area contributed by atoms with Crippen LogP contribution >= 0.6 is 0 Å². The Kier molecular flexibility index (Phi) is 21.2. The van der Waals surface area contributed by atoms with E-state index in [4.69, 9.17) is 0 Å². The largest absolute Gasteiger partial charge is 0.277 e. The zero-order chi connectivity index (χ0) is 23.9. The van der Waals surface area contributed by atoms with Gasteiger partial charge in [-0.2, -0.15) is 0 Å². The summed E-state index contributed by atoms with van der Waals surface area (Å²) >= 11 is 0. The molecule has 0 aliphatic carbocycles. The highest BCUT2D eigenvalue weighted by Gasteiger charge is 2.18. The van der Waals surface area contributed by atoms with Crippen molar-refractivity contribution in [2.24, 2.45) is 0 Å². The lowest BCUT2D eigenvalue weighted by Crippen LogP contribution is -2.25. The molecule has 1 amide bonds. The van der Waals surface area contributed by atoms with Crippen LogP contribution in [0.4, 0.5) is 15.8 Å². The minimum Gasteiger partial charge on any atom is -0.277 e. The second-order valence-electron chi connectivity index (χ2n) is 5.65. The van der Waals surface area contributed by atoms with Crippen molar-refractivity contribution in [3.8, 4) is 0 Å². The Balaban J connectivity index is 0. The fourth-order valence-electron chi connectivity index (χ4n) is 2.25. The maximum absolute atomic E-state index is 12.9. The van der Waals surface area contributed by atoms with Gasteiger partial charge in [0.05, 0.1) is 6.67 Å². The van der Waals surface area contributed by atoms with E-state index in [0.717, 1.165) is 11.4 Å². The van der Waals surface area contributed by atoms with Gasteiger partial charge < -0.3 is 0 Å². The van der Waals surface area contributed by atoms with Crippen molar-refractivity contribution in [1.29, 1.82) is 0 Å². The number of rotatable bonds is 3. The fourth-order valence-corrected chi connectivity index (χ4v) is 2.25. The van der Waals surface area contributed by atoms with Gasteiger partial charge in [-0.1, -0.05) is 103 Å². The molecule has 31 heavy (non-hydrogen) atoms. The number of halogens is 1. The number of benzene rings is 3. The summed E-state index contributed by atoms with van der Waals surface area (Å²) in [7, 11) is 0. The monoisotopic (exact) mass is 425 g/mol. The molecule has 0 N–H and O–H groups in total. The number of alkyl halides is 1. The number of hydrogen-bond donors (Lipinski definition) is 0. The predicted octanol–water partition coefficient (Wildman–Crippen LogP) is 9.11. The molecule has 3 aromatic carbocycles. The van der Waals surface area contributed by atoms with E-state index in [1.54, 1.807) is 4.90 Å². The van der Waals surface area contributed by atoms with Gasteiger partial charge in [0.1, 0.15) is 0 Å². The minimum atomic E-state index is -0.250. The molecule has 0 spiro atoms. The number of nitrogens with zero attached hydrogens (tertiary/aromatic N) is 1. The van der Waals surface area contributed by atoms with Gasteiger partial charge in [0.25, 0.3) is 5.91 Å². The molecule has 0 radical (unpaired) electrons. The summed E-state index contributed by atoms with van der Waals surface area (Å²) in [5.74, 6) is -0.0343. The molecule has 0 atom stereocenters. The molecule has 0 aliphatic heterocycles. The van der Waals surface area contributed by atoms with Crippen LogP contribution in [0.5, 0.6) is 0 Å². The highest BCUT2D eigenvalue weighted by molar-refractivity contribution is 6.10. The number of hydrogen-bond acceptors (Lipinski definition) is 1. The molecule has 0 unspecified atom stereocenters. The fraction of sp³-hybridized carbons (Fsp3) is 0.321. The van der Waals surface area contributed by atoms with E-state index in [0.29, 0.717) is 5.56 Å². The Morgan fingerprint density at radius 2 is 0.903 bits per heavy atom. The summed E-state index contributed by atoms with van der Waals surface area (Å²) in [5.41, 5.74) is 2.39. The molecule has 0 aliphatic rings. The van der Waals surface area contributed by atoms with Crippen molar-refractivity contribution < 1.29 is 9.18 Å². The van der Waals surface area contributed by atoms with E-state index in [1.165, 1.54) is 13.3 Å². The maximum Gasteiger partial charge on any atom is 0.262 e. The lowest BCUT2D eigenvalue weighted by Gasteiger charge is -2.23. The number of anilines is 2. The molecule has 3 rings (SSSR count). The number of amides is 1. The first-order valence-electron chi connectivity index (χ1n) is 11.2. The molecule has 0 aromatic heterocycles. The topological polar surface area (TPSA) is 20.3 Å². The van der Waals surface area contributed by atoms with Crippen molar-refractivity contribution in [3.63, 3.8) is 0 Å². The summed E-state index contributed by atoms with van der Waals surface area (Å²) in [6.07, 6.45) is 1.25. The molecule has 0 bridgehead atoms. The summed E-state index contributed by atoms with van der Waals surface area (Å²) in [5, 5.41) is 0. The molecule has 170 valence electrons. The molecule has 0 saturated carbocycles. The lowest BCUT2D eigenvalue weighted by molar-refractivity contribution is 0.0999. The minimum absolute atomic E-state index is 0.0343. The van der Waals surface area contributed by atoms with E-state index in [1.807, 2.05) is 119 Å². The molecule has 3 heteroatoms. The van der Waals surface area contributed by atoms with Gasteiger partial charge in [0.15, 0.2) is 0 Å². The van der Waals surface area contributed by atoms with Crippen molar-refractivity contribution >= 4 is 17.3 Å². The molecule has 3 aromatic rings. The smallest absolute Gasteiger partial charge is 0.262 e. The molecule has 2 nitrogen and oxygen atoms in total. The van der Waals surface area contributed by atoms with Gasteiger partial charge in [-0.3, -0.25) is 14.1 Å². The number of carbonyl (C=O) groups excluding carboxylic acids is 1. The highest BCUT2D eigenvalue weighted by Crippen LogP contribution is 2.26. The standard InChI is InChI=1S/C19H15NO.C3H8.C2H5F.2C2H6/c21-19(16-10-4-1-5-11-16)20(17-12-6-2-7-13-17)18-14-8-3-9-15-18;1-3-2;1-2-3;2*1-2/h1-15H;3H2,1-2H3;2H2,1H3;2*1-2H3. The Labute approximate surface area is 189 Å².